The number of fused-ring (bicyclic) bond motifs is 1. The molecule has 0 N–H and O–H groups in total. The molecule has 0 bridgehead atoms. The lowest BCUT2D eigenvalue weighted by Crippen LogP contribution is -2.37. The van der Waals surface area contributed by atoms with E-state index in [2.05, 4.69) is 27.2 Å². The van der Waals surface area contributed by atoms with E-state index in [1.54, 1.807) is 9.36 Å². The highest BCUT2D eigenvalue weighted by Gasteiger charge is 2.22. The zero-order valence-electron chi connectivity index (χ0n) is 17.5. The molecule has 5 aromatic rings. The molecule has 4 aromatic heterocycles. The fourth-order valence-corrected chi connectivity index (χ4v) is 3.88. The SMILES string of the molecule is Cn1ccc(-c2cc3nc(-n4cc(-c5ccccc5)cn4)nc(N4CCOCC4)c3o2)n1. The number of aryl methyl sites for hydroxylation is 1. The van der Waals surface area contributed by atoms with Crippen molar-refractivity contribution in [2.24, 2.45) is 7.05 Å². The Morgan fingerprint density at radius 3 is 2.59 bits per heavy atom. The van der Waals surface area contributed by atoms with E-state index in [1.807, 2.05) is 56.0 Å². The molecule has 0 radical (unpaired) electrons. The highest BCUT2D eigenvalue weighted by Crippen LogP contribution is 2.32. The van der Waals surface area contributed by atoms with Crippen LogP contribution in [-0.4, -0.2) is 55.8 Å². The fraction of sp³-hybridized carbons (Fsp3) is 0.217. The zero-order valence-corrected chi connectivity index (χ0v) is 17.5. The molecule has 1 saturated heterocycles. The zero-order chi connectivity index (χ0) is 21.5. The highest BCUT2D eigenvalue weighted by atomic mass is 16.5. The van der Waals surface area contributed by atoms with Crippen molar-refractivity contribution < 1.29 is 9.15 Å². The van der Waals surface area contributed by atoms with Crippen LogP contribution in [0.4, 0.5) is 5.82 Å². The molecule has 1 aromatic carbocycles. The Balaban J connectivity index is 1.47. The van der Waals surface area contributed by atoms with Crippen LogP contribution in [0.15, 0.2) is 65.5 Å². The molecule has 1 aliphatic heterocycles. The summed E-state index contributed by atoms with van der Waals surface area (Å²) < 4.78 is 15.2. The predicted molar refractivity (Wildman–Crippen MR) is 120 cm³/mol. The molecule has 5 heterocycles. The van der Waals surface area contributed by atoms with Gasteiger partial charge in [0, 0.05) is 44.2 Å². The van der Waals surface area contributed by atoms with Crippen molar-refractivity contribution in [3.05, 3.63) is 61.1 Å². The van der Waals surface area contributed by atoms with Gasteiger partial charge in [0.05, 0.1) is 19.4 Å². The second-order valence-electron chi connectivity index (χ2n) is 7.69. The molecule has 9 nitrogen and oxygen atoms in total. The second-order valence-corrected chi connectivity index (χ2v) is 7.69. The van der Waals surface area contributed by atoms with Gasteiger partial charge in [0.2, 0.25) is 0 Å². The monoisotopic (exact) mass is 427 g/mol. The average Bonchev–Trinajstić information content (AvgIpc) is 3.59. The molecule has 1 fully saturated rings. The van der Waals surface area contributed by atoms with Crippen molar-refractivity contribution in [3.63, 3.8) is 0 Å². The molecular formula is C23H21N7O2. The van der Waals surface area contributed by atoms with Gasteiger partial charge < -0.3 is 14.1 Å². The molecule has 0 unspecified atom stereocenters. The van der Waals surface area contributed by atoms with Crippen LogP contribution in [0, 0.1) is 0 Å². The van der Waals surface area contributed by atoms with Crippen LogP contribution < -0.4 is 4.90 Å². The van der Waals surface area contributed by atoms with Crippen LogP contribution in [0.1, 0.15) is 0 Å². The van der Waals surface area contributed by atoms with E-state index in [1.165, 1.54) is 0 Å². The van der Waals surface area contributed by atoms with Gasteiger partial charge in [-0.2, -0.15) is 15.2 Å². The van der Waals surface area contributed by atoms with Crippen molar-refractivity contribution >= 4 is 16.9 Å². The van der Waals surface area contributed by atoms with Gasteiger partial charge in [-0.05, 0) is 11.6 Å². The van der Waals surface area contributed by atoms with Crippen molar-refractivity contribution in [2.75, 3.05) is 31.2 Å². The lowest BCUT2D eigenvalue weighted by molar-refractivity contribution is 0.122. The van der Waals surface area contributed by atoms with Crippen molar-refractivity contribution in [3.8, 4) is 28.5 Å². The summed E-state index contributed by atoms with van der Waals surface area (Å²) in [6.07, 6.45) is 5.66. The summed E-state index contributed by atoms with van der Waals surface area (Å²) in [6, 6.07) is 14.0. The summed E-state index contributed by atoms with van der Waals surface area (Å²) in [5.41, 5.74) is 4.21. The first-order chi connectivity index (χ1) is 15.7. The van der Waals surface area contributed by atoms with E-state index >= 15 is 0 Å². The number of hydrogen-bond acceptors (Lipinski definition) is 7. The van der Waals surface area contributed by atoms with Gasteiger partial charge in [0.25, 0.3) is 5.95 Å². The molecule has 0 aliphatic carbocycles. The topological polar surface area (TPSA) is 87.0 Å². The molecule has 0 spiro atoms. The summed E-state index contributed by atoms with van der Waals surface area (Å²) in [5.74, 6) is 1.90. The first-order valence-corrected chi connectivity index (χ1v) is 10.5. The van der Waals surface area contributed by atoms with Crippen LogP contribution in [0.5, 0.6) is 0 Å². The Labute approximate surface area is 183 Å². The standard InChI is InChI=1S/C23H21N7O2/c1-28-8-7-18(27-28)20-13-19-21(32-20)22(29-9-11-31-12-10-29)26-23(25-19)30-15-17(14-24-30)16-5-3-2-4-6-16/h2-8,13-15H,9-12H2,1H3. The molecule has 0 atom stereocenters. The normalized spacial score (nSPS) is 14.3. The Morgan fingerprint density at radius 1 is 0.969 bits per heavy atom. The van der Waals surface area contributed by atoms with E-state index < -0.39 is 0 Å². The molecule has 160 valence electrons. The summed E-state index contributed by atoms with van der Waals surface area (Å²) in [5, 5.41) is 8.99. The highest BCUT2D eigenvalue weighted by molar-refractivity contribution is 5.88. The van der Waals surface area contributed by atoms with E-state index in [0.29, 0.717) is 36.0 Å². The maximum absolute atomic E-state index is 6.20. The predicted octanol–water partition coefficient (Wildman–Crippen LogP) is 3.31. The Bertz CT molecular complexity index is 1380. The molecule has 32 heavy (non-hydrogen) atoms. The van der Waals surface area contributed by atoms with Crippen LogP contribution in [0.3, 0.4) is 0 Å². The lowest BCUT2D eigenvalue weighted by atomic mass is 10.1. The molecular weight excluding hydrogens is 406 g/mol. The van der Waals surface area contributed by atoms with Gasteiger partial charge in [-0.1, -0.05) is 30.3 Å². The van der Waals surface area contributed by atoms with Gasteiger partial charge in [0.1, 0.15) is 11.2 Å². The fourth-order valence-electron chi connectivity index (χ4n) is 3.88. The number of ether oxygens (including phenoxy) is 1. The summed E-state index contributed by atoms with van der Waals surface area (Å²) >= 11 is 0. The molecule has 9 heteroatoms. The summed E-state index contributed by atoms with van der Waals surface area (Å²) in [4.78, 5) is 11.8. The van der Waals surface area contributed by atoms with Gasteiger partial charge in [-0.3, -0.25) is 4.68 Å². The molecule has 6 rings (SSSR count). The lowest BCUT2D eigenvalue weighted by Gasteiger charge is -2.27. The maximum atomic E-state index is 6.20. The Kier molecular flexibility index (Phi) is 4.46. The third-order valence-electron chi connectivity index (χ3n) is 5.51. The first kappa shape index (κ1) is 18.8. The van der Waals surface area contributed by atoms with E-state index in [4.69, 9.17) is 19.1 Å². The van der Waals surface area contributed by atoms with Crippen molar-refractivity contribution in [1.29, 1.82) is 0 Å². The van der Waals surface area contributed by atoms with Crippen LogP contribution in [0.25, 0.3) is 39.6 Å². The minimum atomic E-state index is 0.495. The minimum absolute atomic E-state index is 0.495. The third kappa shape index (κ3) is 3.32. The van der Waals surface area contributed by atoms with E-state index in [-0.39, 0.29) is 0 Å². The molecule has 1 aliphatic rings. The molecule has 0 saturated carbocycles. The van der Waals surface area contributed by atoms with Crippen molar-refractivity contribution in [1.82, 2.24) is 29.5 Å². The average molecular weight is 427 g/mol. The van der Waals surface area contributed by atoms with Crippen molar-refractivity contribution in [2.45, 2.75) is 0 Å². The van der Waals surface area contributed by atoms with E-state index in [0.717, 1.165) is 35.7 Å². The van der Waals surface area contributed by atoms with Crippen LogP contribution in [-0.2, 0) is 11.8 Å². The quantitative estimate of drug-likeness (QED) is 0.435. The number of morpholine rings is 1. The minimum Gasteiger partial charge on any atom is -0.449 e. The number of rotatable bonds is 4. The number of nitrogens with zero attached hydrogens (tertiary/aromatic N) is 7. The van der Waals surface area contributed by atoms with Gasteiger partial charge >= 0.3 is 0 Å². The van der Waals surface area contributed by atoms with Gasteiger partial charge in [-0.15, -0.1) is 0 Å². The van der Waals surface area contributed by atoms with Gasteiger partial charge in [0.15, 0.2) is 17.2 Å². The number of furan rings is 1. The summed E-state index contributed by atoms with van der Waals surface area (Å²) in [6.45, 7) is 2.77. The first-order valence-electron chi connectivity index (χ1n) is 10.5. The number of aromatic nitrogens is 6. The Hall–Kier alpha value is -3.98. The smallest absolute Gasteiger partial charge is 0.253 e. The van der Waals surface area contributed by atoms with E-state index in [9.17, 15) is 0 Å². The maximum Gasteiger partial charge on any atom is 0.253 e. The van der Waals surface area contributed by atoms with Crippen LogP contribution in [0.2, 0.25) is 0 Å². The largest absolute Gasteiger partial charge is 0.449 e. The number of anilines is 1. The third-order valence-corrected chi connectivity index (χ3v) is 5.51. The second kappa shape index (κ2) is 7.61. The van der Waals surface area contributed by atoms with Gasteiger partial charge in [-0.25, -0.2) is 9.67 Å². The molecule has 0 amide bonds. The Morgan fingerprint density at radius 2 is 1.81 bits per heavy atom. The number of benzene rings is 1. The van der Waals surface area contributed by atoms with Crippen LogP contribution >= 0.6 is 0 Å². The summed E-state index contributed by atoms with van der Waals surface area (Å²) in [7, 11) is 1.88. The number of hydrogen-bond donors (Lipinski definition) is 0.